The summed E-state index contributed by atoms with van der Waals surface area (Å²) < 4.78 is 5.36. The van der Waals surface area contributed by atoms with E-state index in [-0.39, 0.29) is 12.0 Å². The average molecular weight is 173 g/mol. The molecule has 0 radical (unpaired) electrons. The van der Waals surface area contributed by atoms with Gasteiger partial charge in [0.15, 0.2) is 0 Å². The molecular formula is C9H19NO2. The Labute approximate surface area is 74.3 Å². The molecule has 1 unspecified atom stereocenters. The number of rotatable bonds is 6. The fraction of sp³-hybridized carbons (Fsp3) is 0.889. The summed E-state index contributed by atoms with van der Waals surface area (Å²) in [7, 11) is 0. The molecular weight excluding hydrogens is 154 g/mol. The van der Waals surface area contributed by atoms with E-state index in [1.165, 1.54) is 0 Å². The van der Waals surface area contributed by atoms with Crippen LogP contribution in [0.3, 0.4) is 0 Å². The number of carbonyl (C=O) groups excluding carboxylic acids is 1. The second kappa shape index (κ2) is 6.00. The minimum absolute atomic E-state index is 0.226. The summed E-state index contributed by atoms with van der Waals surface area (Å²) in [6.45, 7) is 6.76. The SMILES string of the molecule is CC(C)CC(C)OCCC(N)=O. The van der Waals surface area contributed by atoms with Crippen LogP contribution in [-0.2, 0) is 9.53 Å². The third-order valence-electron chi connectivity index (χ3n) is 1.55. The molecule has 0 aromatic heterocycles. The van der Waals surface area contributed by atoms with Gasteiger partial charge in [-0.1, -0.05) is 13.8 Å². The van der Waals surface area contributed by atoms with Crippen LogP contribution in [0, 0.1) is 5.92 Å². The summed E-state index contributed by atoms with van der Waals surface area (Å²) in [5, 5.41) is 0. The van der Waals surface area contributed by atoms with Gasteiger partial charge in [-0.25, -0.2) is 0 Å². The van der Waals surface area contributed by atoms with Gasteiger partial charge in [0, 0.05) is 6.42 Å². The van der Waals surface area contributed by atoms with E-state index in [0.29, 0.717) is 18.9 Å². The van der Waals surface area contributed by atoms with Crippen LogP contribution in [0.5, 0.6) is 0 Å². The molecule has 0 aromatic rings. The van der Waals surface area contributed by atoms with Gasteiger partial charge in [-0.3, -0.25) is 4.79 Å². The summed E-state index contributed by atoms with van der Waals surface area (Å²) in [6, 6.07) is 0. The van der Waals surface area contributed by atoms with E-state index >= 15 is 0 Å². The molecule has 3 nitrogen and oxygen atoms in total. The van der Waals surface area contributed by atoms with Gasteiger partial charge in [-0.05, 0) is 19.3 Å². The predicted octanol–water partition coefficient (Wildman–Crippen LogP) is 1.31. The molecule has 0 aromatic carbocycles. The highest BCUT2D eigenvalue weighted by atomic mass is 16.5. The van der Waals surface area contributed by atoms with Crippen LogP contribution in [0.25, 0.3) is 0 Å². The summed E-state index contributed by atoms with van der Waals surface area (Å²) in [5.41, 5.74) is 4.96. The Kier molecular flexibility index (Phi) is 5.72. The summed E-state index contributed by atoms with van der Waals surface area (Å²) >= 11 is 0. The number of ether oxygens (including phenoxy) is 1. The molecule has 0 heterocycles. The number of hydrogen-bond acceptors (Lipinski definition) is 2. The third-order valence-corrected chi connectivity index (χ3v) is 1.55. The predicted molar refractivity (Wildman–Crippen MR) is 48.7 cm³/mol. The largest absolute Gasteiger partial charge is 0.378 e. The number of hydrogen-bond donors (Lipinski definition) is 1. The smallest absolute Gasteiger partial charge is 0.219 e. The second-order valence-electron chi connectivity index (χ2n) is 3.53. The molecule has 0 bridgehead atoms. The second-order valence-corrected chi connectivity index (χ2v) is 3.53. The van der Waals surface area contributed by atoms with Crippen molar-refractivity contribution < 1.29 is 9.53 Å². The summed E-state index contributed by atoms with van der Waals surface area (Å²) in [6.07, 6.45) is 1.57. The minimum Gasteiger partial charge on any atom is -0.378 e. The van der Waals surface area contributed by atoms with Crippen LogP contribution in [-0.4, -0.2) is 18.6 Å². The number of primary amides is 1. The van der Waals surface area contributed by atoms with E-state index < -0.39 is 0 Å². The highest BCUT2D eigenvalue weighted by Gasteiger charge is 2.05. The van der Waals surface area contributed by atoms with Crippen molar-refractivity contribution in [3.05, 3.63) is 0 Å². The molecule has 0 rings (SSSR count). The number of carbonyl (C=O) groups is 1. The van der Waals surface area contributed by atoms with Gasteiger partial charge in [0.1, 0.15) is 0 Å². The molecule has 0 fully saturated rings. The molecule has 0 aliphatic rings. The van der Waals surface area contributed by atoms with E-state index in [0.717, 1.165) is 6.42 Å². The van der Waals surface area contributed by atoms with E-state index in [4.69, 9.17) is 10.5 Å². The lowest BCUT2D eigenvalue weighted by Crippen LogP contribution is -2.17. The van der Waals surface area contributed by atoms with Gasteiger partial charge < -0.3 is 10.5 Å². The molecule has 0 aliphatic carbocycles. The lowest BCUT2D eigenvalue weighted by Gasteiger charge is -2.14. The van der Waals surface area contributed by atoms with Crippen LogP contribution >= 0.6 is 0 Å². The number of amides is 1. The zero-order valence-electron chi connectivity index (χ0n) is 8.17. The number of nitrogens with two attached hydrogens (primary N) is 1. The monoisotopic (exact) mass is 173 g/mol. The fourth-order valence-electron chi connectivity index (χ4n) is 1.09. The molecule has 12 heavy (non-hydrogen) atoms. The van der Waals surface area contributed by atoms with Crippen molar-refractivity contribution in [1.29, 1.82) is 0 Å². The van der Waals surface area contributed by atoms with Crippen LogP contribution in [0.1, 0.15) is 33.6 Å². The molecule has 3 heteroatoms. The van der Waals surface area contributed by atoms with Crippen LogP contribution in [0.4, 0.5) is 0 Å². The first-order valence-electron chi connectivity index (χ1n) is 4.42. The van der Waals surface area contributed by atoms with Crippen molar-refractivity contribution in [2.45, 2.75) is 39.7 Å². The maximum atomic E-state index is 10.3. The first-order valence-corrected chi connectivity index (χ1v) is 4.42. The van der Waals surface area contributed by atoms with Gasteiger partial charge >= 0.3 is 0 Å². The minimum atomic E-state index is -0.299. The summed E-state index contributed by atoms with van der Waals surface area (Å²) in [5.74, 6) is 0.334. The van der Waals surface area contributed by atoms with Gasteiger partial charge in [-0.2, -0.15) is 0 Å². The van der Waals surface area contributed by atoms with Crippen molar-refractivity contribution in [2.24, 2.45) is 11.7 Å². The van der Waals surface area contributed by atoms with Gasteiger partial charge in [0.25, 0.3) is 0 Å². The average Bonchev–Trinajstić information content (AvgIpc) is 1.84. The highest BCUT2D eigenvalue weighted by Crippen LogP contribution is 2.07. The molecule has 0 saturated carbocycles. The first kappa shape index (κ1) is 11.4. The Hall–Kier alpha value is -0.570. The van der Waals surface area contributed by atoms with Gasteiger partial charge in [-0.15, -0.1) is 0 Å². The van der Waals surface area contributed by atoms with E-state index in [2.05, 4.69) is 13.8 Å². The van der Waals surface area contributed by atoms with E-state index in [1.54, 1.807) is 0 Å². The first-order chi connectivity index (χ1) is 5.52. The molecule has 1 amide bonds. The maximum absolute atomic E-state index is 10.3. The summed E-state index contributed by atoms with van der Waals surface area (Å²) in [4.78, 5) is 10.3. The molecule has 1 atom stereocenters. The fourth-order valence-corrected chi connectivity index (χ4v) is 1.09. The Morgan fingerprint density at radius 3 is 2.42 bits per heavy atom. The Morgan fingerprint density at radius 2 is 2.00 bits per heavy atom. The topological polar surface area (TPSA) is 52.3 Å². The quantitative estimate of drug-likeness (QED) is 0.658. The lowest BCUT2D eigenvalue weighted by atomic mass is 10.1. The zero-order chi connectivity index (χ0) is 9.56. The Morgan fingerprint density at radius 1 is 1.42 bits per heavy atom. The van der Waals surface area contributed by atoms with Crippen molar-refractivity contribution in [1.82, 2.24) is 0 Å². The van der Waals surface area contributed by atoms with Crippen LogP contribution in [0.2, 0.25) is 0 Å². The molecule has 0 aliphatic heterocycles. The Bertz CT molecular complexity index is 134. The standard InChI is InChI=1S/C9H19NO2/c1-7(2)6-8(3)12-5-4-9(10)11/h7-8H,4-6H2,1-3H3,(H2,10,11). The normalized spacial score (nSPS) is 13.3. The zero-order valence-corrected chi connectivity index (χ0v) is 8.17. The van der Waals surface area contributed by atoms with Crippen LogP contribution in [0.15, 0.2) is 0 Å². The van der Waals surface area contributed by atoms with Crippen molar-refractivity contribution in [3.63, 3.8) is 0 Å². The van der Waals surface area contributed by atoms with Crippen LogP contribution < -0.4 is 5.73 Å². The highest BCUT2D eigenvalue weighted by molar-refractivity contribution is 5.73. The molecule has 0 saturated heterocycles. The lowest BCUT2D eigenvalue weighted by molar-refractivity contribution is -0.119. The maximum Gasteiger partial charge on any atom is 0.219 e. The van der Waals surface area contributed by atoms with Gasteiger partial charge in [0.2, 0.25) is 5.91 Å². The van der Waals surface area contributed by atoms with Crippen molar-refractivity contribution in [3.8, 4) is 0 Å². The molecule has 72 valence electrons. The molecule has 2 N–H and O–H groups in total. The van der Waals surface area contributed by atoms with Crippen molar-refractivity contribution >= 4 is 5.91 Å². The van der Waals surface area contributed by atoms with E-state index in [9.17, 15) is 4.79 Å². The van der Waals surface area contributed by atoms with Crippen molar-refractivity contribution in [2.75, 3.05) is 6.61 Å². The Balaban J connectivity index is 3.31. The molecule has 0 spiro atoms. The third kappa shape index (κ3) is 7.54. The van der Waals surface area contributed by atoms with Gasteiger partial charge in [0.05, 0.1) is 12.7 Å². The van der Waals surface area contributed by atoms with E-state index in [1.807, 2.05) is 6.92 Å².